The fraction of sp³-hybridized carbons (Fsp3) is 0.0500. The first-order valence-corrected chi connectivity index (χ1v) is 7.68. The number of rotatable bonds is 4. The van der Waals surface area contributed by atoms with Crippen LogP contribution in [-0.2, 0) is 11.3 Å². The molecule has 0 atom stereocenters. The quantitative estimate of drug-likeness (QED) is 0.708. The molecule has 0 aromatic heterocycles. The van der Waals surface area contributed by atoms with Gasteiger partial charge < -0.3 is 9.84 Å². The van der Waals surface area contributed by atoms with Crippen LogP contribution in [0.5, 0.6) is 5.75 Å². The van der Waals surface area contributed by atoms with Gasteiger partial charge in [-0.15, -0.1) is 0 Å². The highest BCUT2D eigenvalue weighted by molar-refractivity contribution is 5.85. The first-order valence-electron chi connectivity index (χ1n) is 7.68. The first kappa shape index (κ1) is 16.5. The number of ether oxygens (including phenoxy) is 1. The average molecular weight is 337 g/mol. The van der Waals surface area contributed by atoms with Crippen molar-refractivity contribution in [2.75, 3.05) is 5.32 Å². The summed E-state index contributed by atoms with van der Waals surface area (Å²) in [4.78, 5) is 11.8. The zero-order valence-corrected chi connectivity index (χ0v) is 13.3. The van der Waals surface area contributed by atoms with Gasteiger partial charge in [0.2, 0.25) is 0 Å². The fourth-order valence-corrected chi connectivity index (χ4v) is 2.32. The van der Waals surface area contributed by atoms with Gasteiger partial charge in [-0.2, -0.15) is 0 Å². The van der Waals surface area contributed by atoms with Gasteiger partial charge in [-0.3, -0.25) is 5.32 Å². The molecule has 25 heavy (non-hydrogen) atoms. The molecule has 2 N–H and O–H groups in total. The molecule has 3 aromatic carbocycles. The molecule has 0 saturated carbocycles. The van der Waals surface area contributed by atoms with Crippen LogP contribution in [0.4, 0.5) is 14.9 Å². The van der Waals surface area contributed by atoms with Crippen molar-refractivity contribution < 1.29 is 19.0 Å². The molecule has 0 unspecified atom stereocenters. The molecule has 0 radical (unpaired) electrons. The largest absolute Gasteiger partial charge is 0.505 e. The lowest BCUT2D eigenvalue weighted by atomic mass is 10.1. The molecule has 5 heteroatoms. The molecular formula is C20H16FNO3. The Morgan fingerprint density at radius 2 is 1.64 bits per heavy atom. The Morgan fingerprint density at radius 3 is 2.32 bits per heavy atom. The van der Waals surface area contributed by atoms with Gasteiger partial charge in [0.05, 0.1) is 0 Å². The van der Waals surface area contributed by atoms with Crippen LogP contribution in [0.1, 0.15) is 5.56 Å². The lowest BCUT2D eigenvalue weighted by Gasteiger charge is -2.08. The third kappa shape index (κ3) is 4.35. The standard InChI is InChI=1S/C20H16FNO3/c21-18-11-8-16(12-19(18)23)15-6-9-17(10-7-15)22-20(24)25-13-14-4-2-1-3-5-14/h1-12,23H,13H2,(H,22,24). The van der Waals surface area contributed by atoms with E-state index >= 15 is 0 Å². The van der Waals surface area contributed by atoms with Gasteiger partial charge in [0, 0.05) is 5.69 Å². The van der Waals surface area contributed by atoms with E-state index in [1.54, 1.807) is 30.3 Å². The Hall–Kier alpha value is -3.34. The van der Waals surface area contributed by atoms with E-state index in [4.69, 9.17) is 4.74 Å². The predicted molar refractivity (Wildman–Crippen MR) is 93.8 cm³/mol. The number of amides is 1. The van der Waals surface area contributed by atoms with Gasteiger partial charge in [-0.25, -0.2) is 9.18 Å². The van der Waals surface area contributed by atoms with Crippen molar-refractivity contribution in [2.24, 2.45) is 0 Å². The van der Waals surface area contributed by atoms with E-state index in [0.717, 1.165) is 11.1 Å². The van der Waals surface area contributed by atoms with Crippen LogP contribution < -0.4 is 5.32 Å². The number of hydrogen-bond acceptors (Lipinski definition) is 3. The van der Waals surface area contributed by atoms with Crippen LogP contribution in [0, 0.1) is 5.82 Å². The van der Waals surface area contributed by atoms with E-state index in [-0.39, 0.29) is 6.61 Å². The smallest absolute Gasteiger partial charge is 0.411 e. The Labute approximate surface area is 144 Å². The Balaban J connectivity index is 1.60. The highest BCUT2D eigenvalue weighted by atomic mass is 19.1. The molecule has 0 aliphatic rings. The van der Waals surface area contributed by atoms with Crippen LogP contribution in [0.25, 0.3) is 11.1 Å². The Bertz CT molecular complexity index is 864. The molecular weight excluding hydrogens is 321 g/mol. The summed E-state index contributed by atoms with van der Waals surface area (Å²) in [5.74, 6) is -1.06. The zero-order chi connectivity index (χ0) is 17.6. The second kappa shape index (κ2) is 7.49. The summed E-state index contributed by atoms with van der Waals surface area (Å²) < 4.78 is 18.3. The minimum absolute atomic E-state index is 0.194. The molecule has 0 aliphatic carbocycles. The van der Waals surface area contributed by atoms with Gasteiger partial charge >= 0.3 is 6.09 Å². The molecule has 1 amide bonds. The number of carbonyl (C=O) groups is 1. The van der Waals surface area contributed by atoms with E-state index in [2.05, 4.69) is 5.32 Å². The van der Waals surface area contributed by atoms with E-state index in [1.165, 1.54) is 12.1 Å². The van der Waals surface area contributed by atoms with Crippen molar-refractivity contribution in [3.8, 4) is 16.9 Å². The molecule has 0 saturated heterocycles. The summed E-state index contributed by atoms with van der Waals surface area (Å²) >= 11 is 0. The molecule has 0 fully saturated rings. The van der Waals surface area contributed by atoms with Crippen molar-refractivity contribution in [1.29, 1.82) is 0 Å². The van der Waals surface area contributed by atoms with Gasteiger partial charge in [0.1, 0.15) is 6.61 Å². The molecule has 0 heterocycles. The minimum atomic E-state index is -0.664. The van der Waals surface area contributed by atoms with Crippen molar-refractivity contribution in [3.63, 3.8) is 0 Å². The highest BCUT2D eigenvalue weighted by Crippen LogP contribution is 2.26. The number of phenolic OH excluding ortho intramolecular Hbond substituents is 1. The van der Waals surface area contributed by atoms with Crippen LogP contribution in [0.2, 0.25) is 0 Å². The van der Waals surface area contributed by atoms with Crippen LogP contribution in [0.3, 0.4) is 0 Å². The van der Waals surface area contributed by atoms with Crippen molar-refractivity contribution >= 4 is 11.8 Å². The van der Waals surface area contributed by atoms with E-state index in [0.29, 0.717) is 11.3 Å². The first-order chi connectivity index (χ1) is 12.1. The summed E-state index contributed by atoms with van der Waals surface area (Å²) in [5.41, 5.74) is 2.95. The highest BCUT2D eigenvalue weighted by Gasteiger charge is 2.06. The SMILES string of the molecule is O=C(Nc1ccc(-c2ccc(F)c(O)c2)cc1)OCc1ccccc1. The predicted octanol–water partition coefficient (Wildman–Crippen LogP) is 4.95. The van der Waals surface area contributed by atoms with Crippen molar-refractivity contribution in [1.82, 2.24) is 0 Å². The van der Waals surface area contributed by atoms with Crippen LogP contribution in [0.15, 0.2) is 72.8 Å². The van der Waals surface area contributed by atoms with Gasteiger partial charge in [0.15, 0.2) is 11.6 Å². The third-order valence-corrected chi connectivity index (χ3v) is 3.62. The van der Waals surface area contributed by atoms with E-state index in [9.17, 15) is 14.3 Å². The topological polar surface area (TPSA) is 58.6 Å². The molecule has 0 bridgehead atoms. The van der Waals surface area contributed by atoms with Gasteiger partial charge in [-0.1, -0.05) is 48.5 Å². The summed E-state index contributed by atoms with van der Waals surface area (Å²) in [7, 11) is 0. The number of carbonyl (C=O) groups excluding carboxylic acids is 1. The summed E-state index contributed by atoms with van der Waals surface area (Å²) in [5, 5.41) is 12.1. The maximum atomic E-state index is 13.1. The fourth-order valence-electron chi connectivity index (χ4n) is 2.32. The number of phenols is 1. The molecule has 126 valence electrons. The van der Waals surface area contributed by atoms with E-state index < -0.39 is 17.7 Å². The molecule has 4 nitrogen and oxygen atoms in total. The molecule has 3 rings (SSSR count). The summed E-state index contributed by atoms with van der Waals surface area (Å²) in [6, 6.07) is 20.5. The Kier molecular flexibility index (Phi) is 4.95. The number of aromatic hydroxyl groups is 1. The minimum Gasteiger partial charge on any atom is -0.505 e. The number of anilines is 1. The maximum Gasteiger partial charge on any atom is 0.411 e. The number of benzene rings is 3. The summed E-state index contributed by atoms with van der Waals surface area (Å²) in [6.07, 6.45) is -0.545. The van der Waals surface area contributed by atoms with Crippen LogP contribution in [-0.4, -0.2) is 11.2 Å². The van der Waals surface area contributed by atoms with E-state index in [1.807, 2.05) is 30.3 Å². The monoisotopic (exact) mass is 337 g/mol. The Morgan fingerprint density at radius 1 is 0.960 bits per heavy atom. The lowest BCUT2D eigenvalue weighted by Crippen LogP contribution is -2.13. The molecule has 0 spiro atoms. The third-order valence-electron chi connectivity index (χ3n) is 3.62. The van der Waals surface area contributed by atoms with Gasteiger partial charge in [-0.05, 0) is 41.0 Å². The molecule has 0 aliphatic heterocycles. The van der Waals surface area contributed by atoms with Gasteiger partial charge in [0.25, 0.3) is 0 Å². The zero-order valence-electron chi connectivity index (χ0n) is 13.3. The lowest BCUT2D eigenvalue weighted by molar-refractivity contribution is 0.155. The van der Waals surface area contributed by atoms with Crippen LogP contribution >= 0.6 is 0 Å². The second-order valence-corrected chi connectivity index (χ2v) is 5.43. The van der Waals surface area contributed by atoms with Crippen molar-refractivity contribution in [2.45, 2.75) is 6.61 Å². The second-order valence-electron chi connectivity index (χ2n) is 5.43. The molecule has 3 aromatic rings. The average Bonchev–Trinajstić information content (AvgIpc) is 2.64. The van der Waals surface area contributed by atoms with Crippen molar-refractivity contribution in [3.05, 3.63) is 84.2 Å². The number of halogens is 1. The number of nitrogens with one attached hydrogen (secondary N) is 1. The number of hydrogen-bond donors (Lipinski definition) is 2. The summed E-state index contributed by atoms with van der Waals surface area (Å²) in [6.45, 7) is 0.194. The normalized spacial score (nSPS) is 10.3. The maximum absolute atomic E-state index is 13.1.